The van der Waals surface area contributed by atoms with Crippen LogP contribution in [0.15, 0.2) is 76.5 Å². The van der Waals surface area contributed by atoms with Crippen molar-refractivity contribution in [1.82, 2.24) is 0 Å². The number of nitrogens with two attached hydrogens (primary N) is 2. The third-order valence-electron chi connectivity index (χ3n) is 3.95. The van der Waals surface area contributed by atoms with Gasteiger partial charge in [-0.3, -0.25) is 10.2 Å². The van der Waals surface area contributed by atoms with Gasteiger partial charge in [0.25, 0.3) is 0 Å². The fraction of sp³-hybridized carbons (Fsp3) is 0.0833. The van der Waals surface area contributed by atoms with Crippen molar-refractivity contribution in [2.45, 2.75) is 16.7 Å². The Morgan fingerprint density at radius 3 is 2.38 bits per heavy atom. The van der Waals surface area contributed by atoms with Gasteiger partial charge in [-0.25, -0.2) is 0 Å². The highest BCUT2D eigenvalue weighted by Gasteiger charge is 2.08. The van der Waals surface area contributed by atoms with E-state index in [0.29, 0.717) is 16.8 Å². The van der Waals surface area contributed by atoms with Crippen LogP contribution in [0.5, 0.6) is 0 Å². The summed E-state index contributed by atoms with van der Waals surface area (Å²) in [4.78, 5) is 12.9. The fourth-order valence-electron chi connectivity index (χ4n) is 2.47. The van der Waals surface area contributed by atoms with Crippen LogP contribution in [-0.4, -0.2) is 19.0 Å². The van der Waals surface area contributed by atoms with Crippen molar-refractivity contribution < 1.29 is 4.79 Å². The second kappa shape index (κ2) is 10.9. The minimum atomic E-state index is 0.179. The summed E-state index contributed by atoms with van der Waals surface area (Å²) >= 11 is 1.47. The summed E-state index contributed by atoms with van der Waals surface area (Å²) in [6.07, 6.45) is 0.844. The molecule has 0 bridgehead atoms. The van der Waals surface area contributed by atoms with Crippen molar-refractivity contribution in [2.75, 3.05) is 12.8 Å². The molecule has 3 rings (SSSR count). The second-order valence-corrected chi connectivity index (χ2v) is 7.11. The molecule has 0 aliphatic rings. The lowest BCUT2D eigenvalue weighted by Gasteiger charge is -2.08. The van der Waals surface area contributed by atoms with Crippen LogP contribution in [0.1, 0.15) is 27.0 Å². The van der Waals surface area contributed by atoms with E-state index in [1.165, 1.54) is 24.4 Å². The zero-order chi connectivity index (χ0) is 21.2. The molecule has 0 saturated carbocycles. The number of aldehydes is 1. The first-order chi connectivity index (χ1) is 14.1. The number of carbonyl (C=O) groups is 1. The Balaban J connectivity index is 0.00000145. The Morgan fingerprint density at radius 2 is 1.72 bits per heavy atom. The largest absolute Gasteiger partial charge is 0.398 e. The summed E-state index contributed by atoms with van der Waals surface area (Å²) < 4.78 is 0. The van der Waals surface area contributed by atoms with E-state index in [1.54, 1.807) is 12.1 Å². The number of anilines is 1. The molecule has 0 spiro atoms. The van der Waals surface area contributed by atoms with Crippen LogP contribution in [0.3, 0.4) is 0 Å². The Hall–Kier alpha value is -3.33. The first-order valence-electron chi connectivity index (χ1n) is 8.94. The van der Waals surface area contributed by atoms with E-state index < -0.39 is 0 Å². The molecule has 0 radical (unpaired) electrons. The molecule has 0 aliphatic heterocycles. The van der Waals surface area contributed by atoms with E-state index in [0.717, 1.165) is 21.6 Å². The SMILES string of the molecule is CN.Cc1ccc(C#CC(=N)c2ccc(Sc3ccccc3C=O)cc2N)cc1. The third kappa shape index (κ3) is 6.08. The number of nitrogen functional groups attached to an aromatic ring is 1. The number of aryl methyl sites for hydroxylation is 1. The van der Waals surface area contributed by atoms with Gasteiger partial charge < -0.3 is 11.5 Å². The van der Waals surface area contributed by atoms with Gasteiger partial charge in [0.15, 0.2) is 6.29 Å². The summed E-state index contributed by atoms with van der Waals surface area (Å²) in [7, 11) is 1.50. The summed E-state index contributed by atoms with van der Waals surface area (Å²) in [5.41, 5.74) is 14.6. The van der Waals surface area contributed by atoms with Gasteiger partial charge in [0.1, 0.15) is 5.71 Å². The van der Waals surface area contributed by atoms with E-state index in [4.69, 9.17) is 11.1 Å². The zero-order valence-corrected chi connectivity index (χ0v) is 17.2. The van der Waals surface area contributed by atoms with Crippen molar-refractivity contribution >= 4 is 29.4 Å². The molecule has 3 aromatic rings. The average Bonchev–Trinajstić information content (AvgIpc) is 2.75. The molecule has 29 heavy (non-hydrogen) atoms. The topological polar surface area (TPSA) is 93.0 Å². The van der Waals surface area contributed by atoms with Crippen molar-refractivity contribution in [3.8, 4) is 11.8 Å². The molecule has 0 aliphatic carbocycles. The molecule has 0 saturated heterocycles. The summed E-state index contributed by atoms with van der Waals surface area (Å²) in [5, 5.41) is 8.21. The molecule has 0 fully saturated rings. The molecular formula is C24H23N3OS. The van der Waals surface area contributed by atoms with Crippen molar-refractivity contribution in [3.05, 3.63) is 89.0 Å². The number of nitrogens with one attached hydrogen (secondary N) is 1. The van der Waals surface area contributed by atoms with E-state index in [9.17, 15) is 4.79 Å². The lowest BCUT2D eigenvalue weighted by atomic mass is 10.1. The molecular weight excluding hydrogens is 378 g/mol. The van der Waals surface area contributed by atoms with Crippen LogP contribution in [0.2, 0.25) is 0 Å². The standard InChI is InChI=1S/C23H18N2OS.CH5N/c1-16-6-8-17(9-7-16)10-13-21(24)20-12-11-19(14-22(20)25)27-23-5-3-2-4-18(23)15-26;1-2/h2-9,11-12,14-15,24H,25H2,1H3;2H2,1H3. The molecule has 3 aromatic carbocycles. The Kier molecular flexibility index (Phi) is 8.23. The molecule has 0 aromatic heterocycles. The number of carbonyl (C=O) groups excluding carboxylic acids is 1. The quantitative estimate of drug-likeness (QED) is 0.259. The number of hydrogen-bond acceptors (Lipinski definition) is 5. The number of rotatable bonds is 4. The monoisotopic (exact) mass is 401 g/mol. The molecule has 146 valence electrons. The highest BCUT2D eigenvalue weighted by atomic mass is 32.2. The molecule has 0 unspecified atom stereocenters. The number of hydrogen-bond donors (Lipinski definition) is 3. The fourth-order valence-corrected chi connectivity index (χ4v) is 3.43. The molecule has 0 amide bonds. The van der Waals surface area contributed by atoms with E-state index in [1.807, 2.05) is 61.5 Å². The smallest absolute Gasteiger partial charge is 0.151 e. The molecule has 5 heteroatoms. The summed E-state index contributed by atoms with van der Waals surface area (Å²) in [6, 6.07) is 20.7. The van der Waals surface area contributed by atoms with Gasteiger partial charge >= 0.3 is 0 Å². The second-order valence-electron chi connectivity index (χ2n) is 6.00. The van der Waals surface area contributed by atoms with Crippen molar-refractivity contribution in [3.63, 3.8) is 0 Å². The average molecular weight is 402 g/mol. The van der Waals surface area contributed by atoms with Crippen LogP contribution >= 0.6 is 11.8 Å². The lowest BCUT2D eigenvalue weighted by Crippen LogP contribution is -2.01. The maximum Gasteiger partial charge on any atom is 0.151 e. The minimum Gasteiger partial charge on any atom is -0.398 e. The van der Waals surface area contributed by atoms with Gasteiger partial charge in [-0.05, 0) is 56.3 Å². The van der Waals surface area contributed by atoms with Gasteiger partial charge in [-0.2, -0.15) is 0 Å². The molecule has 4 nitrogen and oxygen atoms in total. The molecule has 0 atom stereocenters. The van der Waals surface area contributed by atoms with Gasteiger partial charge in [-0.15, -0.1) is 0 Å². The van der Waals surface area contributed by atoms with Crippen LogP contribution in [0, 0.1) is 24.2 Å². The first kappa shape index (κ1) is 22.0. The first-order valence-corrected chi connectivity index (χ1v) is 9.75. The Labute approximate surface area is 175 Å². The maximum atomic E-state index is 11.2. The van der Waals surface area contributed by atoms with E-state index in [-0.39, 0.29) is 5.71 Å². The van der Waals surface area contributed by atoms with Crippen LogP contribution < -0.4 is 11.5 Å². The molecule has 0 heterocycles. The van der Waals surface area contributed by atoms with E-state index in [2.05, 4.69) is 17.6 Å². The Bertz CT molecular complexity index is 1060. The van der Waals surface area contributed by atoms with E-state index >= 15 is 0 Å². The normalized spacial score (nSPS) is 9.48. The predicted molar refractivity (Wildman–Crippen MR) is 122 cm³/mol. The van der Waals surface area contributed by atoms with Gasteiger partial charge in [-0.1, -0.05) is 53.6 Å². The van der Waals surface area contributed by atoms with Gasteiger partial charge in [0, 0.05) is 32.2 Å². The van der Waals surface area contributed by atoms with Crippen LogP contribution in [-0.2, 0) is 0 Å². The van der Waals surface area contributed by atoms with Gasteiger partial charge in [0.2, 0.25) is 0 Å². The highest BCUT2D eigenvalue weighted by molar-refractivity contribution is 7.99. The number of benzene rings is 3. The predicted octanol–water partition coefficient (Wildman–Crippen LogP) is 4.54. The summed E-state index contributed by atoms with van der Waals surface area (Å²) in [5.74, 6) is 5.86. The van der Waals surface area contributed by atoms with Crippen LogP contribution in [0.4, 0.5) is 5.69 Å². The van der Waals surface area contributed by atoms with Crippen molar-refractivity contribution in [1.29, 1.82) is 5.41 Å². The van der Waals surface area contributed by atoms with Crippen molar-refractivity contribution in [2.24, 2.45) is 5.73 Å². The van der Waals surface area contributed by atoms with Crippen LogP contribution in [0.25, 0.3) is 0 Å². The maximum absolute atomic E-state index is 11.2. The van der Waals surface area contributed by atoms with Gasteiger partial charge in [0.05, 0.1) is 0 Å². The highest BCUT2D eigenvalue weighted by Crippen LogP contribution is 2.31. The minimum absolute atomic E-state index is 0.179. The lowest BCUT2D eigenvalue weighted by molar-refractivity contribution is 0.112. The Morgan fingerprint density at radius 1 is 1.03 bits per heavy atom. The molecule has 5 N–H and O–H groups in total. The third-order valence-corrected chi connectivity index (χ3v) is 5.03. The summed E-state index contributed by atoms with van der Waals surface area (Å²) in [6.45, 7) is 2.02. The zero-order valence-electron chi connectivity index (χ0n) is 16.4.